The summed E-state index contributed by atoms with van der Waals surface area (Å²) in [5.41, 5.74) is 9.04. The van der Waals surface area contributed by atoms with Crippen molar-refractivity contribution in [1.82, 2.24) is 0 Å². The molecule has 0 amide bonds. The molecule has 0 spiro atoms. The van der Waals surface area contributed by atoms with Crippen molar-refractivity contribution in [3.05, 3.63) is 29.8 Å². The number of hydrogen-bond acceptors (Lipinski definition) is 2. The molecule has 0 bridgehead atoms. The van der Waals surface area contributed by atoms with E-state index >= 15 is 0 Å². The molecule has 2 nitrogen and oxygen atoms in total. The number of fused-ring (bicyclic) bond motifs is 1. The van der Waals surface area contributed by atoms with Gasteiger partial charge in [-0.1, -0.05) is 31.0 Å². The topological polar surface area (TPSA) is 29.3 Å². The van der Waals surface area contributed by atoms with Gasteiger partial charge in [0.25, 0.3) is 0 Å². The van der Waals surface area contributed by atoms with E-state index in [0.29, 0.717) is 0 Å². The molecular formula is C16H24N2. The monoisotopic (exact) mass is 244 g/mol. The van der Waals surface area contributed by atoms with E-state index in [-0.39, 0.29) is 6.04 Å². The van der Waals surface area contributed by atoms with Gasteiger partial charge >= 0.3 is 0 Å². The van der Waals surface area contributed by atoms with E-state index in [2.05, 4.69) is 29.2 Å². The second-order valence-corrected chi connectivity index (χ2v) is 5.90. The molecule has 1 aliphatic carbocycles. The molecule has 1 saturated carbocycles. The van der Waals surface area contributed by atoms with Crippen molar-refractivity contribution in [2.75, 3.05) is 18.0 Å². The van der Waals surface area contributed by atoms with Crippen molar-refractivity contribution in [3.63, 3.8) is 0 Å². The summed E-state index contributed by atoms with van der Waals surface area (Å²) in [6.45, 7) is 2.42. The van der Waals surface area contributed by atoms with Crippen LogP contribution in [0.15, 0.2) is 24.3 Å². The predicted octanol–water partition coefficient (Wildman–Crippen LogP) is 3.48. The Morgan fingerprint density at radius 3 is 2.67 bits per heavy atom. The van der Waals surface area contributed by atoms with Gasteiger partial charge < -0.3 is 10.6 Å². The van der Waals surface area contributed by atoms with Gasteiger partial charge in [-0.3, -0.25) is 0 Å². The minimum absolute atomic E-state index is 0.231. The largest absolute Gasteiger partial charge is 0.371 e. The molecule has 0 radical (unpaired) electrons. The van der Waals surface area contributed by atoms with E-state index in [1.165, 1.54) is 56.4 Å². The van der Waals surface area contributed by atoms with Crippen LogP contribution < -0.4 is 10.6 Å². The lowest BCUT2D eigenvalue weighted by atomic mass is 10.0. The Kier molecular flexibility index (Phi) is 3.55. The normalized spacial score (nSPS) is 24.9. The van der Waals surface area contributed by atoms with E-state index in [9.17, 15) is 0 Å². The lowest BCUT2D eigenvalue weighted by molar-refractivity contribution is 0.525. The first kappa shape index (κ1) is 12.0. The van der Waals surface area contributed by atoms with Crippen molar-refractivity contribution < 1.29 is 0 Å². The fourth-order valence-electron chi connectivity index (χ4n) is 3.56. The van der Waals surface area contributed by atoms with Crippen LogP contribution in [-0.4, -0.2) is 13.1 Å². The summed E-state index contributed by atoms with van der Waals surface area (Å²) in [6, 6.07) is 8.98. The third kappa shape index (κ3) is 2.39. The minimum Gasteiger partial charge on any atom is -0.371 e. The Morgan fingerprint density at radius 1 is 1.06 bits per heavy atom. The number of nitrogens with zero attached hydrogens (tertiary/aromatic N) is 1. The van der Waals surface area contributed by atoms with Crippen LogP contribution in [-0.2, 0) is 0 Å². The SMILES string of the molecule is NC1CCCN(CC2CCCC2)c2ccccc21. The number of anilines is 1. The quantitative estimate of drug-likeness (QED) is 0.863. The van der Waals surface area contributed by atoms with Gasteiger partial charge in [-0.15, -0.1) is 0 Å². The van der Waals surface area contributed by atoms with Crippen LogP contribution in [0.3, 0.4) is 0 Å². The van der Waals surface area contributed by atoms with E-state index < -0.39 is 0 Å². The molecule has 0 saturated heterocycles. The van der Waals surface area contributed by atoms with Crippen LogP contribution in [0, 0.1) is 5.92 Å². The zero-order valence-electron chi connectivity index (χ0n) is 11.1. The van der Waals surface area contributed by atoms with Gasteiger partial charge in [0, 0.05) is 24.8 Å². The number of benzene rings is 1. The standard InChI is InChI=1S/C16H24N2/c17-15-9-5-11-18(12-13-6-1-2-7-13)16-10-4-3-8-14(15)16/h3-4,8,10,13,15H,1-2,5-7,9,11-12,17H2. The van der Waals surface area contributed by atoms with E-state index in [0.717, 1.165) is 12.3 Å². The first-order chi connectivity index (χ1) is 8.84. The second-order valence-electron chi connectivity index (χ2n) is 5.90. The van der Waals surface area contributed by atoms with Crippen molar-refractivity contribution >= 4 is 5.69 Å². The molecule has 2 heteroatoms. The van der Waals surface area contributed by atoms with Crippen LogP contribution in [0.25, 0.3) is 0 Å². The number of rotatable bonds is 2. The lowest BCUT2D eigenvalue weighted by Crippen LogP contribution is -2.29. The lowest BCUT2D eigenvalue weighted by Gasteiger charge is -2.28. The zero-order chi connectivity index (χ0) is 12.4. The van der Waals surface area contributed by atoms with Crippen LogP contribution >= 0.6 is 0 Å². The average molecular weight is 244 g/mol. The molecule has 1 unspecified atom stereocenters. The molecule has 1 aromatic rings. The molecule has 1 heterocycles. The Bertz CT molecular complexity index is 396. The summed E-state index contributed by atoms with van der Waals surface area (Å²) in [5, 5.41) is 0. The van der Waals surface area contributed by atoms with E-state index in [4.69, 9.17) is 5.73 Å². The van der Waals surface area contributed by atoms with Gasteiger partial charge in [0.05, 0.1) is 0 Å². The molecule has 0 aromatic heterocycles. The maximum absolute atomic E-state index is 6.29. The van der Waals surface area contributed by atoms with Gasteiger partial charge in [-0.25, -0.2) is 0 Å². The highest BCUT2D eigenvalue weighted by Gasteiger charge is 2.23. The summed E-state index contributed by atoms with van der Waals surface area (Å²) in [6.07, 6.45) is 8.05. The van der Waals surface area contributed by atoms with Crippen molar-refractivity contribution in [2.45, 2.75) is 44.6 Å². The molecule has 18 heavy (non-hydrogen) atoms. The van der Waals surface area contributed by atoms with Gasteiger partial charge in [-0.05, 0) is 43.2 Å². The maximum atomic E-state index is 6.29. The summed E-state index contributed by atoms with van der Waals surface area (Å²) in [5.74, 6) is 0.910. The maximum Gasteiger partial charge on any atom is 0.0414 e. The van der Waals surface area contributed by atoms with Crippen LogP contribution in [0.5, 0.6) is 0 Å². The van der Waals surface area contributed by atoms with Gasteiger partial charge in [0.1, 0.15) is 0 Å². The first-order valence-electron chi connectivity index (χ1n) is 7.44. The van der Waals surface area contributed by atoms with Crippen molar-refractivity contribution in [2.24, 2.45) is 11.7 Å². The average Bonchev–Trinajstić information content (AvgIpc) is 2.85. The smallest absolute Gasteiger partial charge is 0.0414 e. The van der Waals surface area contributed by atoms with E-state index in [1.54, 1.807) is 0 Å². The summed E-state index contributed by atoms with van der Waals surface area (Å²) in [7, 11) is 0. The van der Waals surface area contributed by atoms with Gasteiger partial charge in [0.15, 0.2) is 0 Å². The van der Waals surface area contributed by atoms with Gasteiger partial charge in [0.2, 0.25) is 0 Å². The summed E-state index contributed by atoms with van der Waals surface area (Å²) >= 11 is 0. The molecule has 1 fully saturated rings. The molecule has 3 rings (SSSR count). The number of nitrogens with two attached hydrogens (primary N) is 1. The summed E-state index contributed by atoms with van der Waals surface area (Å²) in [4.78, 5) is 2.60. The van der Waals surface area contributed by atoms with Gasteiger partial charge in [-0.2, -0.15) is 0 Å². The predicted molar refractivity (Wildman–Crippen MR) is 76.8 cm³/mol. The number of para-hydroxylation sites is 1. The van der Waals surface area contributed by atoms with Crippen LogP contribution in [0.4, 0.5) is 5.69 Å². The molecule has 1 aliphatic heterocycles. The fourth-order valence-corrected chi connectivity index (χ4v) is 3.56. The summed E-state index contributed by atoms with van der Waals surface area (Å²) < 4.78 is 0. The Balaban J connectivity index is 1.82. The zero-order valence-corrected chi connectivity index (χ0v) is 11.1. The highest BCUT2D eigenvalue weighted by Crippen LogP contribution is 2.34. The Morgan fingerprint density at radius 2 is 1.83 bits per heavy atom. The molecular weight excluding hydrogens is 220 g/mol. The van der Waals surface area contributed by atoms with Crippen molar-refractivity contribution in [3.8, 4) is 0 Å². The fraction of sp³-hybridized carbons (Fsp3) is 0.625. The molecule has 2 aliphatic rings. The molecule has 1 aromatic carbocycles. The molecule has 2 N–H and O–H groups in total. The minimum atomic E-state index is 0.231. The molecule has 1 atom stereocenters. The Hall–Kier alpha value is -1.02. The number of hydrogen-bond donors (Lipinski definition) is 1. The highest BCUT2D eigenvalue weighted by molar-refractivity contribution is 5.55. The first-order valence-corrected chi connectivity index (χ1v) is 7.44. The van der Waals surface area contributed by atoms with Crippen LogP contribution in [0.1, 0.15) is 50.1 Å². The Labute approximate surface area is 110 Å². The highest BCUT2D eigenvalue weighted by atomic mass is 15.1. The molecule has 98 valence electrons. The van der Waals surface area contributed by atoms with Crippen molar-refractivity contribution in [1.29, 1.82) is 0 Å². The van der Waals surface area contributed by atoms with E-state index in [1.807, 2.05) is 0 Å². The third-order valence-electron chi connectivity index (χ3n) is 4.57. The van der Waals surface area contributed by atoms with Crippen LogP contribution in [0.2, 0.25) is 0 Å². The second kappa shape index (κ2) is 5.31. The third-order valence-corrected chi connectivity index (χ3v) is 4.57.